The first-order valence-corrected chi connectivity index (χ1v) is 7.47. The summed E-state index contributed by atoms with van der Waals surface area (Å²) < 4.78 is 12.9. The molecule has 0 atom stereocenters. The summed E-state index contributed by atoms with van der Waals surface area (Å²) in [6.45, 7) is 0. The lowest BCUT2D eigenvalue weighted by Crippen LogP contribution is -2.34. The smallest absolute Gasteiger partial charge is 0.257 e. The molecule has 0 unspecified atom stereocenters. The van der Waals surface area contributed by atoms with E-state index in [9.17, 15) is 14.0 Å². The minimum atomic E-state index is -0.451. The van der Waals surface area contributed by atoms with Crippen LogP contribution in [-0.4, -0.2) is 35.9 Å². The van der Waals surface area contributed by atoms with E-state index in [1.165, 1.54) is 29.2 Å². The lowest BCUT2D eigenvalue weighted by atomic mass is 10.2. The van der Waals surface area contributed by atoms with Crippen molar-refractivity contribution in [2.45, 2.75) is 0 Å². The van der Waals surface area contributed by atoms with Crippen molar-refractivity contribution >= 4 is 34.8 Å². The molecule has 2 N–H and O–H groups in total. The Morgan fingerprint density at radius 3 is 2.33 bits per heavy atom. The molecule has 2 rings (SSSR count). The summed E-state index contributed by atoms with van der Waals surface area (Å²) in [5, 5.41) is 5.42. The molecule has 7 heteroatoms. The lowest BCUT2D eigenvalue weighted by molar-refractivity contribution is 0.0827. The van der Waals surface area contributed by atoms with Crippen LogP contribution in [0.3, 0.4) is 0 Å². The highest BCUT2D eigenvalue weighted by Gasteiger charge is 2.10. The zero-order chi connectivity index (χ0) is 17.7. The molecule has 124 valence electrons. The quantitative estimate of drug-likeness (QED) is 0.840. The van der Waals surface area contributed by atoms with Crippen molar-refractivity contribution < 1.29 is 14.0 Å². The van der Waals surface area contributed by atoms with Crippen molar-refractivity contribution in [2.75, 3.05) is 19.4 Å². The summed E-state index contributed by atoms with van der Waals surface area (Å²) in [4.78, 5) is 25.4. The summed E-state index contributed by atoms with van der Waals surface area (Å²) >= 11 is 5.09. The summed E-state index contributed by atoms with van der Waals surface area (Å²) in [6.07, 6.45) is 0. The molecule has 0 heterocycles. The molecule has 0 bridgehead atoms. The molecule has 0 saturated heterocycles. The fourth-order valence-corrected chi connectivity index (χ4v) is 2.14. The maximum absolute atomic E-state index is 12.9. The number of carbonyl (C=O) groups is 2. The van der Waals surface area contributed by atoms with E-state index in [-0.39, 0.29) is 16.6 Å². The van der Waals surface area contributed by atoms with E-state index in [0.29, 0.717) is 11.3 Å². The zero-order valence-corrected chi connectivity index (χ0v) is 14.0. The van der Waals surface area contributed by atoms with Gasteiger partial charge in [0, 0.05) is 30.9 Å². The van der Waals surface area contributed by atoms with Gasteiger partial charge in [0.15, 0.2) is 5.11 Å². The minimum Gasteiger partial charge on any atom is -0.345 e. The number of nitrogens with zero attached hydrogens (tertiary/aromatic N) is 1. The van der Waals surface area contributed by atoms with E-state index in [4.69, 9.17) is 12.2 Å². The second-order valence-corrected chi connectivity index (χ2v) is 5.60. The second-order valence-electron chi connectivity index (χ2n) is 5.20. The van der Waals surface area contributed by atoms with Crippen LogP contribution in [0, 0.1) is 5.82 Å². The largest absolute Gasteiger partial charge is 0.345 e. The van der Waals surface area contributed by atoms with Gasteiger partial charge in [0.1, 0.15) is 5.82 Å². The van der Waals surface area contributed by atoms with Crippen molar-refractivity contribution in [2.24, 2.45) is 0 Å². The van der Waals surface area contributed by atoms with Gasteiger partial charge in [0.05, 0.1) is 0 Å². The molecule has 0 spiro atoms. The summed E-state index contributed by atoms with van der Waals surface area (Å²) in [5.41, 5.74) is 1.36. The Morgan fingerprint density at radius 1 is 1.04 bits per heavy atom. The van der Waals surface area contributed by atoms with Crippen LogP contribution < -0.4 is 10.6 Å². The van der Waals surface area contributed by atoms with Crippen molar-refractivity contribution in [1.82, 2.24) is 10.2 Å². The highest BCUT2D eigenvalue weighted by Crippen LogP contribution is 2.12. The predicted octanol–water partition coefficient (Wildman–Crippen LogP) is 2.65. The third-order valence-corrected chi connectivity index (χ3v) is 3.31. The summed E-state index contributed by atoms with van der Waals surface area (Å²) in [7, 11) is 3.33. The number of carbonyl (C=O) groups excluding carboxylic acids is 2. The third-order valence-electron chi connectivity index (χ3n) is 3.11. The monoisotopic (exact) mass is 345 g/mol. The first kappa shape index (κ1) is 17.6. The fourth-order valence-electron chi connectivity index (χ4n) is 1.93. The van der Waals surface area contributed by atoms with Crippen LogP contribution in [0.1, 0.15) is 20.7 Å². The van der Waals surface area contributed by atoms with E-state index >= 15 is 0 Å². The van der Waals surface area contributed by atoms with E-state index in [2.05, 4.69) is 10.6 Å². The van der Waals surface area contributed by atoms with E-state index in [0.717, 1.165) is 0 Å². The summed E-state index contributed by atoms with van der Waals surface area (Å²) in [5.74, 6) is -1.01. The van der Waals surface area contributed by atoms with Gasteiger partial charge in [-0.25, -0.2) is 4.39 Å². The molecule has 0 aliphatic heterocycles. The minimum absolute atomic E-state index is 0.0822. The van der Waals surface area contributed by atoms with Crippen LogP contribution in [0.5, 0.6) is 0 Å². The predicted molar refractivity (Wildman–Crippen MR) is 94.5 cm³/mol. The molecule has 0 fully saturated rings. The van der Waals surface area contributed by atoms with Gasteiger partial charge < -0.3 is 10.2 Å². The van der Waals surface area contributed by atoms with Crippen molar-refractivity contribution in [3.05, 3.63) is 65.5 Å². The standard InChI is InChI=1S/C17H16FN3O2S/c1-21(2)16(23)12-4-3-5-14(10-12)19-17(24)20-15(22)11-6-8-13(18)9-7-11/h3-10H,1-2H3,(H2,19,20,22,24). The first-order valence-electron chi connectivity index (χ1n) is 7.06. The fraction of sp³-hybridized carbons (Fsp3) is 0.118. The number of amides is 2. The molecular weight excluding hydrogens is 329 g/mol. The Labute approximate surface area is 144 Å². The van der Waals surface area contributed by atoms with E-state index < -0.39 is 11.7 Å². The average Bonchev–Trinajstić information content (AvgIpc) is 2.54. The maximum atomic E-state index is 12.9. The molecule has 2 aromatic rings. The normalized spacial score (nSPS) is 9.96. The van der Waals surface area contributed by atoms with Crippen LogP contribution in [0.25, 0.3) is 0 Å². The van der Waals surface area contributed by atoms with Gasteiger partial charge in [0.25, 0.3) is 11.8 Å². The van der Waals surface area contributed by atoms with Crippen molar-refractivity contribution in [3.8, 4) is 0 Å². The van der Waals surface area contributed by atoms with E-state index in [1.54, 1.807) is 38.4 Å². The molecule has 0 aromatic heterocycles. The van der Waals surface area contributed by atoms with Gasteiger partial charge in [-0.2, -0.15) is 0 Å². The van der Waals surface area contributed by atoms with Gasteiger partial charge >= 0.3 is 0 Å². The van der Waals surface area contributed by atoms with Crippen LogP contribution >= 0.6 is 12.2 Å². The molecule has 0 radical (unpaired) electrons. The Morgan fingerprint density at radius 2 is 1.71 bits per heavy atom. The molecule has 2 aromatic carbocycles. The molecule has 0 saturated carbocycles. The molecule has 0 aliphatic rings. The maximum Gasteiger partial charge on any atom is 0.257 e. The SMILES string of the molecule is CN(C)C(=O)c1cccc(NC(=S)NC(=O)c2ccc(F)cc2)c1. The lowest BCUT2D eigenvalue weighted by Gasteiger charge is -2.13. The Balaban J connectivity index is 2.02. The van der Waals surface area contributed by atoms with Crippen molar-refractivity contribution in [1.29, 1.82) is 0 Å². The Kier molecular flexibility index (Phi) is 5.59. The van der Waals surface area contributed by atoms with Crippen LogP contribution in [0.2, 0.25) is 0 Å². The number of rotatable bonds is 3. The molecule has 0 aliphatic carbocycles. The number of hydrogen-bond donors (Lipinski definition) is 2. The van der Waals surface area contributed by atoms with Crippen LogP contribution in [-0.2, 0) is 0 Å². The van der Waals surface area contributed by atoms with Crippen LogP contribution in [0.4, 0.5) is 10.1 Å². The Bertz CT molecular complexity index is 776. The highest BCUT2D eigenvalue weighted by atomic mass is 32.1. The number of halogens is 1. The molecule has 2 amide bonds. The van der Waals surface area contributed by atoms with Gasteiger partial charge in [-0.05, 0) is 54.7 Å². The topological polar surface area (TPSA) is 61.4 Å². The number of thiocarbonyl (C=S) groups is 1. The van der Waals surface area contributed by atoms with Gasteiger partial charge in [-0.15, -0.1) is 0 Å². The number of hydrogen-bond acceptors (Lipinski definition) is 3. The molecule has 5 nitrogen and oxygen atoms in total. The highest BCUT2D eigenvalue weighted by molar-refractivity contribution is 7.80. The van der Waals surface area contributed by atoms with E-state index in [1.807, 2.05) is 0 Å². The molecule has 24 heavy (non-hydrogen) atoms. The number of benzene rings is 2. The Hall–Kier alpha value is -2.80. The first-order chi connectivity index (χ1) is 11.4. The van der Waals surface area contributed by atoms with Gasteiger partial charge in [-0.3, -0.25) is 14.9 Å². The zero-order valence-electron chi connectivity index (χ0n) is 13.2. The molecular formula is C17H16FN3O2S. The third kappa shape index (κ3) is 4.60. The second kappa shape index (κ2) is 7.65. The van der Waals surface area contributed by atoms with Gasteiger partial charge in [0.2, 0.25) is 0 Å². The summed E-state index contributed by atoms with van der Waals surface area (Å²) in [6, 6.07) is 11.9. The number of nitrogens with one attached hydrogen (secondary N) is 2. The number of anilines is 1. The van der Waals surface area contributed by atoms with Crippen molar-refractivity contribution in [3.63, 3.8) is 0 Å². The van der Waals surface area contributed by atoms with Gasteiger partial charge in [-0.1, -0.05) is 6.07 Å². The van der Waals surface area contributed by atoms with Crippen LogP contribution in [0.15, 0.2) is 48.5 Å². The average molecular weight is 345 g/mol.